The number of benzene rings is 1. The maximum absolute atomic E-state index is 11.9. The molecule has 5 heteroatoms. The van der Waals surface area contributed by atoms with Crippen molar-refractivity contribution in [2.45, 2.75) is 45.4 Å². The average molecular weight is 380 g/mol. The van der Waals surface area contributed by atoms with Crippen LogP contribution in [0.15, 0.2) is 30.3 Å². The number of allylic oxidation sites excluding steroid dienone is 1. The fourth-order valence-electron chi connectivity index (χ4n) is 1.98. The van der Waals surface area contributed by atoms with Gasteiger partial charge in [-0.2, -0.15) is 0 Å². The van der Waals surface area contributed by atoms with Crippen LogP contribution in [0.5, 0.6) is 0 Å². The molecule has 23 heavy (non-hydrogen) atoms. The van der Waals surface area contributed by atoms with Crippen LogP contribution in [0.1, 0.15) is 45.7 Å². The van der Waals surface area contributed by atoms with Gasteiger partial charge in [0.2, 0.25) is 0 Å². The first-order chi connectivity index (χ1) is 10.7. The third-order valence-corrected chi connectivity index (χ3v) is 4.88. The molecule has 0 fully saturated rings. The van der Waals surface area contributed by atoms with E-state index in [0.29, 0.717) is 11.8 Å². The number of carbonyl (C=O) groups is 2. The Balaban J connectivity index is 2.82. The van der Waals surface area contributed by atoms with E-state index >= 15 is 0 Å². The Labute approximate surface area is 144 Å². The number of rotatable bonds is 6. The van der Waals surface area contributed by atoms with E-state index in [0.717, 1.165) is 16.7 Å². The van der Waals surface area contributed by atoms with Crippen molar-refractivity contribution in [1.29, 1.82) is 0 Å². The molecule has 0 radical (unpaired) electrons. The molecule has 1 unspecified atom stereocenters. The van der Waals surface area contributed by atoms with Gasteiger partial charge < -0.3 is 0 Å². The van der Waals surface area contributed by atoms with Crippen molar-refractivity contribution in [2.75, 3.05) is 6.61 Å². The Morgan fingerprint density at radius 2 is 1.87 bits per heavy atom. The molecule has 0 bridgehead atoms. The minimum atomic E-state index is -0.903. The van der Waals surface area contributed by atoms with Gasteiger partial charge >= 0.3 is 145 Å². The molecule has 4 nitrogen and oxygen atoms in total. The van der Waals surface area contributed by atoms with Crippen molar-refractivity contribution in [3.8, 4) is 0 Å². The molecule has 0 saturated carbocycles. The van der Waals surface area contributed by atoms with Crippen molar-refractivity contribution in [3.05, 3.63) is 41.5 Å². The van der Waals surface area contributed by atoms with E-state index in [1.165, 1.54) is 6.08 Å². The van der Waals surface area contributed by atoms with Crippen molar-refractivity contribution >= 4 is 32.1 Å². The second kappa shape index (κ2) is 8.93. The molecule has 1 atom stereocenters. The molecular weight excluding hydrogens is 355 g/mol. The molecule has 0 heterocycles. The molecule has 0 spiro atoms. The SMILES string of the molecule is CCOC(=O)C=C(C)c1ccccc1C[AsH]C(=O)OC(C)(C)C. The van der Waals surface area contributed by atoms with Crippen molar-refractivity contribution in [3.63, 3.8) is 0 Å². The predicted molar refractivity (Wildman–Crippen MR) is 93.8 cm³/mol. The van der Waals surface area contributed by atoms with Crippen LogP contribution in [0.2, 0.25) is 0 Å². The van der Waals surface area contributed by atoms with Crippen LogP contribution in [-0.4, -0.2) is 38.7 Å². The van der Waals surface area contributed by atoms with Crippen molar-refractivity contribution in [1.82, 2.24) is 0 Å². The van der Waals surface area contributed by atoms with Crippen LogP contribution < -0.4 is 0 Å². The Kier molecular flexibility index (Phi) is 7.57. The van der Waals surface area contributed by atoms with Crippen LogP contribution in [0.4, 0.5) is 4.79 Å². The van der Waals surface area contributed by atoms with Gasteiger partial charge in [0.25, 0.3) is 0 Å². The summed E-state index contributed by atoms with van der Waals surface area (Å²) in [6, 6.07) is 7.82. The first-order valence-electron chi connectivity index (χ1n) is 7.63. The second-order valence-electron chi connectivity index (χ2n) is 6.09. The minimum absolute atomic E-state index is 0.0978. The van der Waals surface area contributed by atoms with Gasteiger partial charge in [0, 0.05) is 0 Å². The summed E-state index contributed by atoms with van der Waals surface area (Å²) in [7, 11) is 0. The topological polar surface area (TPSA) is 52.6 Å². The summed E-state index contributed by atoms with van der Waals surface area (Å²) < 4.78 is 10.2. The Hall–Kier alpha value is -1.54. The van der Waals surface area contributed by atoms with Gasteiger partial charge in [0.15, 0.2) is 0 Å². The fraction of sp³-hybridized carbons (Fsp3) is 0.444. The van der Waals surface area contributed by atoms with Crippen molar-refractivity contribution < 1.29 is 19.1 Å². The second-order valence-corrected chi connectivity index (χ2v) is 8.43. The third kappa shape index (κ3) is 7.51. The van der Waals surface area contributed by atoms with Gasteiger partial charge in [0.1, 0.15) is 0 Å². The van der Waals surface area contributed by atoms with Gasteiger partial charge in [-0.05, 0) is 0 Å². The van der Waals surface area contributed by atoms with Crippen LogP contribution in [0.25, 0.3) is 5.57 Å². The summed E-state index contributed by atoms with van der Waals surface area (Å²) in [5, 5.41) is 0.694. The monoisotopic (exact) mass is 380 g/mol. The molecule has 0 aliphatic heterocycles. The van der Waals surface area contributed by atoms with Gasteiger partial charge in [0.05, 0.1) is 0 Å². The van der Waals surface area contributed by atoms with E-state index in [1.54, 1.807) is 6.92 Å². The molecule has 0 aliphatic carbocycles. The zero-order chi connectivity index (χ0) is 17.5. The molecule has 1 aromatic carbocycles. The number of ether oxygens (including phenoxy) is 2. The Morgan fingerprint density at radius 3 is 2.48 bits per heavy atom. The molecule has 1 rings (SSSR count). The van der Waals surface area contributed by atoms with Crippen LogP contribution in [0.3, 0.4) is 0 Å². The summed E-state index contributed by atoms with van der Waals surface area (Å²) in [4.78, 5) is 23.5. The molecule has 126 valence electrons. The predicted octanol–water partition coefficient (Wildman–Crippen LogP) is 3.52. The van der Waals surface area contributed by atoms with E-state index in [1.807, 2.05) is 52.0 Å². The van der Waals surface area contributed by atoms with Crippen LogP contribution in [0, 0.1) is 0 Å². The van der Waals surface area contributed by atoms with Crippen LogP contribution in [-0.2, 0) is 19.5 Å². The Morgan fingerprint density at radius 1 is 1.22 bits per heavy atom. The molecule has 1 aromatic rings. The zero-order valence-corrected chi connectivity index (χ0v) is 16.5. The molecule has 0 aromatic heterocycles. The first kappa shape index (κ1) is 19.5. The summed E-state index contributed by atoms with van der Waals surface area (Å²) >= 11 is -0.903. The van der Waals surface area contributed by atoms with E-state index in [2.05, 4.69) is 0 Å². The summed E-state index contributed by atoms with van der Waals surface area (Å²) in [5.41, 5.74) is 2.44. The standard InChI is InChI=1S/C18H25AsO4/c1-6-22-16(20)11-13(2)15-10-8-7-9-14(15)12-19-17(21)23-18(3,4)5/h7-11,19H,6,12H2,1-5H3. The summed E-state index contributed by atoms with van der Waals surface area (Å²) in [6.45, 7) is 9.63. The van der Waals surface area contributed by atoms with Crippen LogP contribution >= 0.6 is 0 Å². The molecule has 0 aliphatic rings. The molecule has 0 saturated heterocycles. The number of carbonyl (C=O) groups excluding carboxylic acids is 2. The zero-order valence-electron chi connectivity index (χ0n) is 14.4. The van der Waals surface area contributed by atoms with Gasteiger partial charge in [-0.15, -0.1) is 0 Å². The molecule has 0 amide bonds. The third-order valence-electron chi connectivity index (χ3n) is 2.89. The maximum atomic E-state index is 11.9. The summed E-state index contributed by atoms with van der Waals surface area (Å²) in [5.74, 6) is -0.344. The quantitative estimate of drug-likeness (QED) is 0.431. The van der Waals surface area contributed by atoms with Gasteiger partial charge in [-0.1, -0.05) is 0 Å². The number of hydrogen-bond acceptors (Lipinski definition) is 4. The number of hydrogen-bond donors (Lipinski definition) is 0. The average Bonchev–Trinajstić information content (AvgIpc) is 2.43. The fourth-order valence-corrected chi connectivity index (χ4v) is 4.12. The van der Waals surface area contributed by atoms with E-state index < -0.39 is 21.4 Å². The van der Waals surface area contributed by atoms with Crippen molar-refractivity contribution in [2.24, 2.45) is 0 Å². The normalized spacial score (nSPS) is 12.5. The number of esters is 1. The first-order valence-corrected chi connectivity index (χ1v) is 10.2. The van der Waals surface area contributed by atoms with Gasteiger partial charge in [-0.25, -0.2) is 0 Å². The molecule has 0 N–H and O–H groups in total. The Bertz CT molecular complexity index is 585. The molecular formula is C18H25AsO4. The summed E-state index contributed by atoms with van der Waals surface area (Å²) in [6.07, 6.45) is 1.50. The van der Waals surface area contributed by atoms with E-state index in [-0.39, 0.29) is 10.7 Å². The van der Waals surface area contributed by atoms with E-state index in [9.17, 15) is 9.59 Å². The van der Waals surface area contributed by atoms with E-state index in [4.69, 9.17) is 9.47 Å². The van der Waals surface area contributed by atoms with Gasteiger partial charge in [-0.3, -0.25) is 0 Å².